The molecule has 0 N–H and O–H groups in total. The van der Waals surface area contributed by atoms with Crippen molar-refractivity contribution in [3.8, 4) is 17.2 Å². The molecule has 1 aromatic carbocycles. The lowest BCUT2D eigenvalue weighted by molar-refractivity contribution is 0.0298. The number of morpholine rings is 1. The van der Waals surface area contributed by atoms with Crippen LogP contribution in [0, 0.1) is 6.92 Å². The number of methoxy groups -OCH3 is 1. The van der Waals surface area contributed by atoms with Crippen molar-refractivity contribution in [3.05, 3.63) is 35.7 Å². The quantitative estimate of drug-likeness (QED) is 0.869. The molecule has 3 rings (SSSR count). The highest BCUT2D eigenvalue weighted by Gasteiger charge is 2.24. The zero-order valence-corrected chi connectivity index (χ0v) is 12.7. The van der Waals surface area contributed by atoms with Gasteiger partial charge in [-0.05, 0) is 31.2 Å². The zero-order valence-electron chi connectivity index (χ0n) is 12.7. The first kappa shape index (κ1) is 14.6. The van der Waals surface area contributed by atoms with Crippen LogP contribution in [-0.2, 0) is 4.74 Å². The van der Waals surface area contributed by atoms with Gasteiger partial charge in [-0.1, -0.05) is 0 Å². The van der Waals surface area contributed by atoms with Crippen molar-refractivity contribution in [3.63, 3.8) is 0 Å². The second-order valence-electron chi connectivity index (χ2n) is 5.06. The number of ether oxygens (including phenoxy) is 2. The van der Waals surface area contributed by atoms with Crippen molar-refractivity contribution in [1.29, 1.82) is 0 Å². The fourth-order valence-corrected chi connectivity index (χ4v) is 2.37. The maximum Gasteiger partial charge on any atom is 0.276 e. The van der Waals surface area contributed by atoms with Gasteiger partial charge in [-0.15, -0.1) is 0 Å². The molecule has 2 heterocycles. The van der Waals surface area contributed by atoms with Gasteiger partial charge in [0.2, 0.25) is 5.89 Å². The van der Waals surface area contributed by atoms with E-state index in [1.165, 1.54) is 0 Å². The van der Waals surface area contributed by atoms with E-state index in [0.29, 0.717) is 43.6 Å². The molecule has 0 unspecified atom stereocenters. The van der Waals surface area contributed by atoms with Crippen LogP contribution in [0.5, 0.6) is 5.75 Å². The Bertz CT molecular complexity index is 657. The molecule has 1 aliphatic rings. The minimum atomic E-state index is -0.107. The molecule has 0 radical (unpaired) electrons. The minimum Gasteiger partial charge on any atom is -0.497 e. The summed E-state index contributed by atoms with van der Waals surface area (Å²) in [6, 6.07) is 7.37. The molecule has 1 saturated heterocycles. The number of aromatic nitrogens is 1. The van der Waals surface area contributed by atoms with Gasteiger partial charge < -0.3 is 18.8 Å². The highest BCUT2D eigenvalue weighted by atomic mass is 16.5. The molecule has 0 aliphatic carbocycles. The molecule has 1 fully saturated rings. The maximum atomic E-state index is 12.5. The molecule has 1 aromatic heterocycles. The Morgan fingerprint density at radius 1 is 1.23 bits per heavy atom. The third-order valence-electron chi connectivity index (χ3n) is 3.63. The number of hydrogen-bond acceptors (Lipinski definition) is 5. The van der Waals surface area contributed by atoms with E-state index in [1.54, 1.807) is 18.9 Å². The predicted octanol–water partition coefficient (Wildman–Crippen LogP) is 2.13. The summed E-state index contributed by atoms with van der Waals surface area (Å²) in [7, 11) is 1.61. The number of amides is 1. The van der Waals surface area contributed by atoms with Crippen molar-refractivity contribution < 1.29 is 18.7 Å². The van der Waals surface area contributed by atoms with E-state index in [0.717, 1.165) is 11.3 Å². The Hall–Kier alpha value is -2.34. The standard InChI is InChI=1S/C16H18N2O4/c1-11-14(16(19)18-7-9-21-10-8-18)17-15(22-11)12-3-5-13(20-2)6-4-12/h3-6H,7-10H2,1-2H3. The summed E-state index contributed by atoms with van der Waals surface area (Å²) in [5, 5.41) is 0. The number of carbonyl (C=O) groups excluding carboxylic acids is 1. The van der Waals surface area contributed by atoms with Crippen molar-refractivity contribution in [2.75, 3.05) is 33.4 Å². The van der Waals surface area contributed by atoms with Crippen molar-refractivity contribution >= 4 is 5.91 Å². The van der Waals surface area contributed by atoms with E-state index >= 15 is 0 Å². The van der Waals surface area contributed by atoms with Crippen LogP contribution in [0.4, 0.5) is 0 Å². The number of carbonyl (C=O) groups is 1. The SMILES string of the molecule is COc1ccc(-c2nc(C(=O)N3CCOCC3)c(C)o2)cc1. The third kappa shape index (κ3) is 2.82. The molecule has 0 atom stereocenters. The van der Waals surface area contributed by atoms with Gasteiger partial charge in [-0.3, -0.25) is 4.79 Å². The highest BCUT2D eigenvalue weighted by Crippen LogP contribution is 2.24. The molecule has 6 heteroatoms. The first-order valence-corrected chi connectivity index (χ1v) is 7.18. The number of hydrogen-bond donors (Lipinski definition) is 0. The maximum absolute atomic E-state index is 12.5. The lowest BCUT2D eigenvalue weighted by atomic mass is 10.2. The second kappa shape index (κ2) is 6.19. The largest absolute Gasteiger partial charge is 0.497 e. The van der Waals surface area contributed by atoms with E-state index in [9.17, 15) is 4.79 Å². The number of nitrogens with zero attached hydrogens (tertiary/aromatic N) is 2. The van der Waals surface area contributed by atoms with E-state index < -0.39 is 0 Å². The van der Waals surface area contributed by atoms with E-state index in [4.69, 9.17) is 13.9 Å². The number of oxazole rings is 1. The van der Waals surface area contributed by atoms with E-state index in [-0.39, 0.29) is 5.91 Å². The molecule has 116 valence electrons. The van der Waals surface area contributed by atoms with Gasteiger partial charge in [0, 0.05) is 18.7 Å². The average Bonchev–Trinajstić information content (AvgIpc) is 2.97. The molecule has 1 aliphatic heterocycles. The Labute approximate surface area is 128 Å². The summed E-state index contributed by atoms with van der Waals surface area (Å²) < 4.78 is 16.0. The zero-order chi connectivity index (χ0) is 15.5. The fourth-order valence-electron chi connectivity index (χ4n) is 2.37. The van der Waals surface area contributed by atoms with Gasteiger partial charge in [-0.2, -0.15) is 0 Å². The molecule has 0 spiro atoms. The van der Waals surface area contributed by atoms with Gasteiger partial charge in [-0.25, -0.2) is 4.98 Å². The smallest absolute Gasteiger partial charge is 0.276 e. The van der Waals surface area contributed by atoms with Gasteiger partial charge in [0.15, 0.2) is 5.69 Å². The molecule has 0 bridgehead atoms. The molecular formula is C16H18N2O4. The van der Waals surface area contributed by atoms with Crippen LogP contribution in [-0.4, -0.2) is 49.2 Å². The van der Waals surface area contributed by atoms with Crippen LogP contribution in [0.15, 0.2) is 28.7 Å². The average molecular weight is 302 g/mol. The first-order chi connectivity index (χ1) is 10.7. The monoisotopic (exact) mass is 302 g/mol. The summed E-state index contributed by atoms with van der Waals surface area (Å²) in [5.74, 6) is 1.63. The van der Waals surface area contributed by atoms with Gasteiger partial charge in [0.05, 0.1) is 20.3 Å². The first-order valence-electron chi connectivity index (χ1n) is 7.18. The number of aryl methyl sites for hydroxylation is 1. The molecular weight excluding hydrogens is 284 g/mol. The summed E-state index contributed by atoms with van der Waals surface area (Å²) in [4.78, 5) is 18.6. The second-order valence-corrected chi connectivity index (χ2v) is 5.06. The Kier molecular flexibility index (Phi) is 4.11. The molecule has 2 aromatic rings. The van der Waals surface area contributed by atoms with Gasteiger partial charge in [0.25, 0.3) is 5.91 Å². The highest BCUT2D eigenvalue weighted by molar-refractivity contribution is 5.93. The predicted molar refractivity (Wildman–Crippen MR) is 80.0 cm³/mol. The van der Waals surface area contributed by atoms with Gasteiger partial charge >= 0.3 is 0 Å². The Morgan fingerprint density at radius 3 is 2.55 bits per heavy atom. The Balaban J connectivity index is 1.84. The molecule has 0 saturated carbocycles. The van der Waals surface area contributed by atoms with Crippen LogP contribution >= 0.6 is 0 Å². The van der Waals surface area contributed by atoms with E-state index in [1.807, 2.05) is 24.3 Å². The number of benzene rings is 1. The van der Waals surface area contributed by atoms with E-state index in [2.05, 4.69) is 4.98 Å². The molecule has 6 nitrogen and oxygen atoms in total. The van der Waals surface area contributed by atoms with Crippen LogP contribution in [0.1, 0.15) is 16.2 Å². The summed E-state index contributed by atoms with van der Waals surface area (Å²) in [5.41, 5.74) is 1.18. The van der Waals surface area contributed by atoms with Crippen molar-refractivity contribution in [2.24, 2.45) is 0 Å². The lowest BCUT2D eigenvalue weighted by Crippen LogP contribution is -2.41. The Morgan fingerprint density at radius 2 is 1.91 bits per heavy atom. The van der Waals surface area contributed by atoms with Crippen LogP contribution in [0.25, 0.3) is 11.5 Å². The van der Waals surface area contributed by atoms with Crippen LogP contribution in [0.3, 0.4) is 0 Å². The summed E-state index contributed by atoms with van der Waals surface area (Å²) in [6.07, 6.45) is 0. The lowest BCUT2D eigenvalue weighted by Gasteiger charge is -2.26. The third-order valence-corrected chi connectivity index (χ3v) is 3.63. The number of rotatable bonds is 3. The van der Waals surface area contributed by atoms with Crippen molar-refractivity contribution in [1.82, 2.24) is 9.88 Å². The van der Waals surface area contributed by atoms with Crippen molar-refractivity contribution in [2.45, 2.75) is 6.92 Å². The topological polar surface area (TPSA) is 64.8 Å². The normalized spacial score (nSPS) is 14.9. The molecule has 22 heavy (non-hydrogen) atoms. The fraction of sp³-hybridized carbons (Fsp3) is 0.375. The van der Waals surface area contributed by atoms with Crippen LogP contribution in [0.2, 0.25) is 0 Å². The van der Waals surface area contributed by atoms with Gasteiger partial charge in [0.1, 0.15) is 11.5 Å². The van der Waals surface area contributed by atoms with Crippen LogP contribution < -0.4 is 4.74 Å². The summed E-state index contributed by atoms with van der Waals surface area (Å²) >= 11 is 0. The minimum absolute atomic E-state index is 0.107. The summed E-state index contributed by atoms with van der Waals surface area (Å²) in [6.45, 7) is 4.06. The molecule has 1 amide bonds.